The maximum absolute atomic E-state index is 12.9. The highest BCUT2D eigenvalue weighted by Crippen LogP contribution is 2.36. The number of pyridine rings is 2. The molecule has 5 aromatic rings. The van der Waals surface area contributed by atoms with Crippen LogP contribution in [0.25, 0.3) is 22.4 Å². The van der Waals surface area contributed by atoms with E-state index in [1.165, 1.54) is 17.4 Å². The monoisotopic (exact) mass is 531 g/mol. The van der Waals surface area contributed by atoms with Crippen LogP contribution in [0.15, 0.2) is 96.5 Å². The molecule has 0 fully saturated rings. The van der Waals surface area contributed by atoms with Crippen molar-refractivity contribution in [3.8, 4) is 34.2 Å². The minimum absolute atomic E-state index is 0.00107. The summed E-state index contributed by atoms with van der Waals surface area (Å²) in [6.45, 7) is 0.263. The van der Waals surface area contributed by atoms with Crippen LogP contribution >= 0.6 is 11.3 Å². The van der Waals surface area contributed by atoms with E-state index in [0.29, 0.717) is 32.8 Å². The number of aromatic hydroxyl groups is 1. The third-order valence-corrected chi connectivity index (χ3v) is 6.75. The Morgan fingerprint density at radius 1 is 0.923 bits per heavy atom. The van der Waals surface area contributed by atoms with Gasteiger partial charge in [0.25, 0.3) is 11.8 Å². The molecular weight excluding hydrogens is 510 g/mol. The van der Waals surface area contributed by atoms with Crippen molar-refractivity contribution in [1.82, 2.24) is 15.3 Å². The average molecular weight is 532 g/mol. The van der Waals surface area contributed by atoms with Gasteiger partial charge in [0.05, 0.1) is 22.8 Å². The molecule has 9 heteroatoms. The lowest BCUT2D eigenvalue weighted by Crippen LogP contribution is -2.23. The molecule has 0 bridgehead atoms. The average Bonchev–Trinajstić information content (AvgIpc) is 3.52. The minimum atomic E-state index is -0.406. The molecule has 190 valence electrons. The van der Waals surface area contributed by atoms with E-state index in [1.807, 2.05) is 12.1 Å². The minimum Gasteiger partial charge on any atom is -0.507 e. The van der Waals surface area contributed by atoms with Gasteiger partial charge in [-0.3, -0.25) is 14.6 Å². The number of phenolic OH excluding ortho intramolecular Hbond substituents is 1. The quantitative estimate of drug-likeness (QED) is 0.250. The second-order valence-electron chi connectivity index (χ2n) is 8.42. The van der Waals surface area contributed by atoms with E-state index in [4.69, 9.17) is 0 Å². The molecule has 5 rings (SSSR count). The first-order valence-corrected chi connectivity index (χ1v) is 12.8. The molecule has 0 atom stereocenters. The highest BCUT2D eigenvalue weighted by molar-refractivity contribution is 7.12. The molecule has 3 heterocycles. The Bertz CT molecular complexity index is 1700. The molecule has 3 aromatic heterocycles. The number of benzene rings is 2. The second-order valence-corrected chi connectivity index (χ2v) is 9.37. The molecule has 2 amide bonds. The van der Waals surface area contributed by atoms with Crippen LogP contribution in [0, 0.1) is 11.3 Å². The Labute approximate surface area is 228 Å². The predicted molar refractivity (Wildman–Crippen MR) is 149 cm³/mol. The van der Waals surface area contributed by atoms with Crippen molar-refractivity contribution in [2.45, 2.75) is 6.54 Å². The van der Waals surface area contributed by atoms with Crippen molar-refractivity contribution in [2.75, 3.05) is 5.32 Å². The number of carbonyl (C=O) groups is 2. The maximum Gasteiger partial charge on any atom is 0.266 e. The Balaban J connectivity index is 1.56. The van der Waals surface area contributed by atoms with Crippen LogP contribution in [-0.2, 0) is 6.54 Å². The number of phenols is 1. The van der Waals surface area contributed by atoms with E-state index >= 15 is 0 Å². The number of aromatic nitrogens is 2. The van der Waals surface area contributed by atoms with E-state index in [0.717, 1.165) is 5.69 Å². The van der Waals surface area contributed by atoms with Crippen LogP contribution in [0.5, 0.6) is 5.75 Å². The summed E-state index contributed by atoms with van der Waals surface area (Å²) in [5, 5.41) is 28.0. The summed E-state index contributed by atoms with van der Waals surface area (Å²) in [5.41, 5.74) is 3.05. The van der Waals surface area contributed by atoms with E-state index < -0.39 is 5.91 Å². The third-order valence-electron chi connectivity index (χ3n) is 5.88. The first kappa shape index (κ1) is 25.3. The summed E-state index contributed by atoms with van der Waals surface area (Å²) in [4.78, 5) is 35.0. The van der Waals surface area contributed by atoms with Gasteiger partial charge in [-0.2, -0.15) is 5.26 Å². The largest absolute Gasteiger partial charge is 0.507 e. The van der Waals surface area contributed by atoms with Crippen molar-refractivity contribution in [3.05, 3.63) is 118 Å². The lowest BCUT2D eigenvalue weighted by atomic mass is 9.96. The van der Waals surface area contributed by atoms with Gasteiger partial charge in [-0.15, -0.1) is 11.3 Å². The molecule has 0 aliphatic carbocycles. The fourth-order valence-corrected chi connectivity index (χ4v) is 4.60. The van der Waals surface area contributed by atoms with Gasteiger partial charge >= 0.3 is 0 Å². The molecule has 0 radical (unpaired) electrons. The molecule has 0 spiro atoms. The number of carbonyl (C=O) groups excluding carboxylic acids is 2. The number of nitrogens with zero attached hydrogens (tertiary/aromatic N) is 3. The lowest BCUT2D eigenvalue weighted by molar-refractivity contribution is 0.0949. The van der Waals surface area contributed by atoms with Gasteiger partial charge in [0, 0.05) is 22.9 Å². The number of rotatable bonds is 7. The number of nitriles is 1. The van der Waals surface area contributed by atoms with Gasteiger partial charge in [-0.05, 0) is 59.5 Å². The Kier molecular flexibility index (Phi) is 7.39. The fraction of sp³-hybridized carbons (Fsp3) is 0.0333. The van der Waals surface area contributed by atoms with Crippen LogP contribution < -0.4 is 10.6 Å². The van der Waals surface area contributed by atoms with Gasteiger partial charge in [0.15, 0.2) is 5.82 Å². The van der Waals surface area contributed by atoms with Crippen LogP contribution in [0.3, 0.4) is 0 Å². The van der Waals surface area contributed by atoms with Crippen molar-refractivity contribution in [3.63, 3.8) is 0 Å². The predicted octanol–water partition coefficient (Wildman–Crippen LogP) is 5.63. The molecule has 39 heavy (non-hydrogen) atoms. The summed E-state index contributed by atoms with van der Waals surface area (Å²) in [5.74, 6) is -0.658. The van der Waals surface area contributed by atoms with Crippen molar-refractivity contribution in [2.24, 2.45) is 0 Å². The first-order valence-electron chi connectivity index (χ1n) is 11.9. The fourth-order valence-electron chi connectivity index (χ4n) is 3.99. The smallest absolute Gasteiger partial charge is 0.266 e. The zero-order valence-corrected chi connectivity index (χ0v) is 21.3. The van der Waals surface area contributed by atoms with Crippen LogP contribution in [0.1, 0.15) is 31.3 Å². The topological polar surface area (TPSA) is 128 Å². The number of thiophene rings is 1. The summed E-state index contributed by atoms with van der Waals surface area (Å²) in [6, 6.07) is 26.2. The zero-order valence-electron chi connectivity index (χ0n) is 20.5. The van der Waals surface area contributed by atoms with E-state index in [9.17, 15) is 20.0 Å². The maximum atomic E-state index is 12.9. The Morgan fingerprint density at radius 2 is 1.77 bits per heavy atom. The number of nitrogens with one attached hydrogen (secondary N) is 2. The SMILES string of the molecule is N#Cc1c(-c2cccc(C(=O)NCc3ccccn3)c2)cc(-c2ccccc2O)nc1NC(=O)c1cccs1. The van der Waals surface area contributed by atoms with E-state index in [-0.39, 0.29) is 29.6 Å². The standard InChI is InChI=1S/C30H21N5O3S/c31-17-24-23(19-7-5-8-20(15-19)29(37)33-18-21-9-3-4-13-32-21)16-25(22-10-1-2-11-26(22)36)34-28(24)35-30(38)27-12-6-14-39-27/h1-16,36H,18H2,(H,33,37)(H,34,35,38). The number of hydrogen-bond donors (Lipinski definition) is 3. The van der Waals surface area contributed by atoms with Crippen LogP contribution in [-0.4, -0.2) is 26.9 Å². The molecule has 8 nitrogen and oxygen atoms in total. The molecule has 0 unspecified atom stereocenters. The molecule has 0 saturated carbocycles. The van der Waals surface area contributed by atoms with Gasteiger partial charge in [0.2, 0.25) is 0 Å². The summed E-state index contributed by atoms with van der Waals surface area (Å²) < 4.78 is 0. The molecule has 0 aliphatic heterocycles. The Morgan fingerprint density at radius 3 is 2.51 bits per heavy atom. The van der Waals surface area contributed by atoms with E-state index in [1.54, 1.807) is 78.3 Å². The summed E-state index contributed by atoms with van der Waals surface area (Å²) >= 11 is 1.26. The lowest BCUT2D eigenvalue weighted by Gasteiger charge is -2.14. The van der Waals surface area contributed by atoms with Crippen LogP contribution in [0.2, 0.25) is 0 Å². The molecule has 2 aromatic carbocycles. The highest BCUT2D eigenvalue weighted by atomic mass is 32.1. The Hall–Kier alpha value is -5.33. The molecule has 0 aliphatic rings. The highest BCUT2D eigenvalue weighted by Gasteiger charge is 2.20. The number of anilines is 1. The zero-order chi connectivity index (χ0) is 27.2. The van der Waals surface area contributed by atoms with E-state index in [2.05, 4.69) is 26.7 Å². The summed E-state index contributed by atoms with van der Waals surface area (Å²) in [6.07, 6.45) is 1.66. The third kappa shape index (κ3) is 5.66. The molecular formula is C30H21N5O3S. The van der Waals surface area contributed by atoms with Crippen molar-refractivity contribution in [1.29, 1.82) is 5.26 Å². The molecule has 3 N–H and O–H groups in total. The van der Waals surface area contributed by atoms with Gasteiger partial charge < -0.3 is 15.7 Å². The first-order chi connectivity index (χ1) is 19.0. The number of amides is 2. The summed E-state index contributed by atoms with van der Waals surface area (Å²) in [7, 11) is 0. The van der Waals surface area contributed by atoms with Gasteiger partial charge in [-0.25, -0.2) is 4.98 Å². The normalized spacial score (nSPS) is 10.4. The van der Waals surface area contributed by atoms with Crippen LogP contribution in [0.4, 0.5) is 5.82 Å². The second kappa shape index (κ2) is 11.4. The van der Waals surface area contributed by atoms with Gasteiger partial charge in [0.1, 0.15) is 17.4 Å². The van der Waals surface area contributed by atoms with Crippen molar-refractivity contribution >= 4 is 29.0 Å². The number of para-hydroxylation sites is 1. The van der Waals surface area contributed by atoms with Gasteiger partial charge in [-0.1, -0.05) is 36.4 Å². The van der Waals surface area contributed by atoms with Crippen molar-refractivity contribution < 1.29 is 14.7 Å². The number of hydrogen-bond acceptors (Lipinski definition) is 7. The molecule has 0 saturated heterocycles.